The Morgan fingerprint density at radius 2 is 1.75 bits per heavy atom. The SMILES string of the molecule is CO[C@]1(O[Si](C)(C)C)[C@@H]2[C@@H]3[C@H]([C@H]1C(=O)C[C@H]2O[Si](C)(C)C)[C@@H](C#N)C(=O)N3C. The molecule has 0 aromatic carbocycles. The van der Waals surface area contributed by atoms with Crippen LogP contribution in [-0.2, 0) is 23.2 Å². The summed E-state index contributed by atoms with van der Waals surface area (Å²) in [6, 6.07) is 1.86. The lowest BCUT2D eigenvalue weighted by Crippen LogP contribution is -2.63. The van der Waals surface area contributed by atoms with Crippen molar-refractivity contribution in [2.45, 2.75) is 63.6 Å². The minimum absolute atomic E-state index is 0.0181. The van der Waals surface area contributed by atoms with Crippen molar-refractivity contribution in [3.05, 3.63) is 0 Å². The number of rotatable bonds is 5. The van der Waals surface area contributed by atoms with Crippen LogP contribution in [-0.4, -0.2) is 65.3 Å². The monoisotopic (exact) mass is 424 g/mol. The number of nitriles is 1. The van der Waals surface area contributed by atoms with Gasteiger partial charge in [0, 0.05) is 32.5 Å². The Balaban J connectivity index is 2.19. The van der Waals surface area contributed by atoms with Crippen LogP contribution in [0.15, 0.2) is 0 Å². The van der Waals surface area contributed by atoms with E-state index in [0.717, 1.165) is 0 Å². The zero-order valence-corrected chi connectivity index (χ0v) is 20.1. The van der Waals surface area contributed by atoms with Gasteiger partial charge in [-0.1, -0.05) is 0 Å². The summed E-state index contributed by atoms with van der Waals surface area (Å²) < 4.78 is 19.1. The summed E-state index contributed by atoms with van der Waals surface area (Å²) in [5.41, 5.74) is 0. The zero-order chi connectivity index (χ0) is 21.2. The average molecular weight is 425 g/mol. The van der Waals surface area contributed by atoms with E-state index in [1.807, 2.05) is 0 Å². The highest BCUT2D eigenvalue weighted by Gasteiger charge is 2.75. The summed E-state index contributed by atoms with van der Waals surface area (Å²) in [5, 5.41) is 9.73. The first-order valence-electron chi connectivity index (χ1n) is 9.89. The number of methoxy groups -OCH3 is 1. The third-order valence-corrected chi connectivity index (χ3v) is 8.01. The number of carbonyl (C=O) groups is 2. The quantitative estimate of drug-likeness (QED) is 0.497. The van der Waals surface area contributed by atoms with Gasteiger partial charge in [0.05, 0.1) is 24.0 Å². The summed E-state index contributed by atoms with van der Waals surface area (Å²) in [6.45, 7) is 12.5. The lowest BCUT2D eigenvalue weighted by molar-refractivity contribution is -0.249. The molecule has 2 bridgehead atoms. The minimum atomic E-state index is -2.13. The molecule has 1 saturated heterocycles. The lowest BCUT2D eigenvalue weighted by atomic mass is 9.76. The van der Waals surface area contributed by atoms with E-state index in [2.05, 4.69) is 45.4 Å². The second-order valence-corrected chi connectivity index (χ2v) is 19.1. The normalized spacial score (nSPS) is 40.6. The molecular formula is C19H32N2O5Si2. The predicted molar refractivity (Wildman–Crippen MR) is 108 cm³/mol. The van der Waals surface area contributed by atoms with E-state index in [-0.39, 0.29) is 36.2 Å². The summed E-state index contributed by atoms with van der Waals surface area (Å²) in [7, 11) is -0.800. The van der Waals surface area contributed by atoms with Crippen LogP contribution in [0, 0.1) is 35.0 Å². The van der Waals surface area contributed by atoms with E-state index in [1.54, 1.807) is 19.1 Å². The number of hydrogen-bond donors (Lipinski definition) is 0. The number of ketones is 1. The molecule has 3 fully saturated rings. The Bertz CT molecular complexity index is 725. The van der Waals surface area contributed by atoms with Gasteiger partial charge < -0.3 is 18.5 Å². The molecule has 1 amide bonds. The number of carbonyl (C=O) groups excluding carboxylic acids is 2. The average Bonchev–Trinajstić information content (AvgIpc) is 2.88. The van der Waals surface area contributed by atoms with Crippen LogP contribution < -0.4 is 0 Å². The Hall–Kier alpha value is -1.06. The van der Waals surface area contributed by atoms with Crippen molar-refractivity contribution in [3.8, 4) is 6.07 Å². The molecule has 9 heteroatoms. The summed E-state index contributed by atoms with van der Waals surface area (Å²) in [5.74, 6) is -3.58. The van der Waals surface area contributed by atoms with E-state index in [1.165, 1.54) is 0 Å². The summed E-state index contributed by atoms with van der Waals surface area (Å²) in [4.78, 5) is 27.8. The van der Waals surface area contributed by atoms with Gasteiger partial charge >= 0.3 is 0 Å². The van der Waals surface area contributed by atoms with Crippen molar-refractivity contribution in [3.63, 3.8) is 0 Å². The van der Waals surface area contributed by atoms with Gasteiger partial charge in [-0.25, -0.2) is 0 Å². The minimum Gasteiger partial charge on any atom is -0.414 e. The predicted octanol–water partition coefficient (Wildman–Crippen LogP) is 2.22. The Kier molecular flexibility index (Phi) is 5.21. The standard InChI is InChI=1S/C19H32N2O5Si2/c1-21-17-14(11(10-20)18(21)23)15-12(22)9-13(25-27(3,4)5)16(17)19(15,24-2)26-28(6,7)8/h11,13-17H,9H2,1-8H3/t11-,13-,14+,15-,16+,17+,19-/m1/s1. The van der Waals surface area contributed by atoms with E-state index < -0.39 is 40.2 Å². The first-order chi connectivity index (χ1) is 12.8. The second-order valence-electron chi connectivity index (χ2n) is 10.2. The molecular weight excluding hydrogens is 392 g/mol. The Labute approximate surface area is 169 Å². The first-order valence-corrected chi connectivity index (χ1v) is 16.7. The topological polar surface area (TPSA) is 88.9 Å². The van der Waals surface area contributed by atoms with Crippen LogP contribution in [0.1, 0.15) is 6.42 Å². The maximum atomic E-state index is 13.4. The van der Waals surface area contributed by atoms with Crippen molar-refractivity contribution in [1.29, 1.82) is 5.26 Å². The highest BCUT2D eigenvalue weighted by molar-refractivity contribution is 6.70. The number of ether oxygens (including phenoxy) is 1. The van der Waals surface area contributed by atoms with Crippen molar-refractivity contribution in [2.75, 3.05) is 14.2 Å². The number of nitrogens with zero attached hydrogens (tertiary/aromatic N) is 2. The van der Waals surface area contributed by atoms with Crippen LogP contribution in [0.3, 0.4) is 0 Å². The van der Waals surface area contributed by atoms with Gasteiger partial charge in [0.15, 0.2) is 22.4 Å². The van der Waals surface area contributed by atoms with Crippen LogP contribution in [0.5, 0.6) is 0 Å². The molecule has 0 radical (unpaired) electrons. The first kappa shape index (κ1) is 21.6. The Morgan fingerprint density at radius 3 is 2.21 bits per heavy atom. The zero-order valence-electron chi connectivity index (χ0n) is 18.1. The van der Waals surface area contributed by atoms with Crippen LogP contribution >= 0.6 is 0 Å². The molecule has 0 aromatic rings. The molecule has 2 aliphatic carbocycles. The third-order valence-electron chi connectivity index (χ3n) is 6.07. The maximum Gasteiger partial charge on any atom is 0.240 e. The maximum absolute atomic E-state index is 13.4. The van der Waals surface area contributed by atoms with Crippen molar-refractivity contribution in [1.82, 2.24) is 4.90 Å². The molecule has 3 aliphatic rings. The van der Waals surface area contributed by atoms with Crippen molar-refractivity contribution >= 4 is 28.3 Å². The highest BCUT2D eigenvalue weighted by atomic mass is 28.4. The third kappa shape index (κ3) is 3.19. The molecule has 0 spiro atoms. The smallest absolute Gasteiger partial charge is 0.240 e. The van der Waals surface area contributed by atoms with E-state index in [4.69, 9.17) is 13.6 Å². The number of amides is 1. The van der Waals surface area contributed by atoms with Gasteiger partial charge in [-0.3, -0.25) is 9.59 Å². The molecule has 1 heterocycles. The fraction of sp³-hybridized carbons (Fsp3) is 0.842. The second kappa shape index (κ2) is 6.74. The van der Waals surface area contributed by atoms with Crippen LogP contribution in [0.4, 0.5) is 0 Å². The van der Waals surface area contributed by atoms with E-state index >= 15 is 0 Å². The fourth-order valence-corrected chi connectivity index (χ4v) is 8.01. The molecule has 28 heavy (non-hydrogen) atoms. The van der Waals surface area contributed by atoms with Crippen molar-refractivity contribution < 1.29 is 23.2 Å². The van der Waals surface area contributed by atoms with E-state index in [9.17, 15) is 14.9 Å². The number of likely N-dealkylation sites (tertiary alicyclic amines) is 1. The number of hydrogen-bond acceptors (Lipinski definition) is 6. The molecule has 0 N–H and O–H groups in total. The lowest BCUT2D eigenvalue weighted by Gasteiger charge is -2.50. The molecule has 156 valence electrons. The molecule has 7 atom stereocenters. The fourth-order valence-electron chi connectivity index (χ4n) is 5.57. The van der Waals surface area contributed by atoms with E-state index in [0.29, 0.717) is 0 Å². The molecule has 1 aliphatic heterocycles. The van der Waals surface area contributed by atoms with Gasteiger partial charge in [-0.05, 0) is 39.3 Å². The summed E-state index contributed by atoms with van der Waals surface area (Å²) >= 11 is 0. The highest BCUT2D eigenvalue weighted by Crippen LogP contribution is 2.61. The van der Waals surface area contributed by atoms with Gasteiger partial charge in [-0.15, -0.1) is 0 Å². The van der Waals surface area contributed by atoms with Crippen LogP contribution in [0.2, 0.25) is 39.3 Å². The number of Topliss-reactive ketones (excluding diaryl/α,β-unsaturated/α-hetero) is 1. The molecule has 0 unspecified atom stereocenters. The molecule has 3 rings (SSSR count). The molecule has 2 saturated carbocycles. The number of fused-ring (bicyclic) bond motifs is 5. The van der Waals surface area contributed by atoms with Gasteiger partial charge in [0.2, 0.25) is 5.91 Å². The molecule has 7 nitrogen and oxygen atoms in total. The van der Waals surface area contributed by atoms with Crippen LogP contribution in [0.25, 0.3) is 0 Å². The molecule has 0 aromatic heterocycles. The largest absolute Gasteiger partial charge is 0.414 e. The van der Waals surface area contributed by atoms with Gasteiger partial charge in [0.25, 0.3) is 0 Å². The summed E-state index contributed by atoms with van der Waals surface area (Å²) in [6.07, 6.45) is -0.0955. The van der Waals surface area contributed by atoms with Gasteiger partial charge in [-0.2, -0.15) is 5.26 Å². The van der Waals surface area contributed by atoms with Crippen molar-refractivity contribution in [2.24, 2.45) is 23.7 Å². The van der Waals surface area contributed by atoms with Gasteiger partial charge in [0.1, 0.15) is 11.7 Å². The Morgan fingerprint density at radius 1 is 1.14 bits per heavy atom.